The van der Waals surface area contributed by atoms with E-state index < -0.39 is 0 Å². The topological polar surface area (TPSA) is 55.1 Å². The van der Waals surface area contributed by atoms with Gasteiger partial charge in [-0.3, -0.25) is 4.79 Å². The van der Waals surface area contributed by atoms with Gasteiger partial charge in [-0.15, -0.1) is 0 Å². The van der Waals surface area contributed by atoms with Crippen LogP contribution in [-0.2, 0) is 4.79 Å². The lowest BCUT2D eigenvalue weighted by atomic mass is 9.85. The number of thioether (sulfide) groups is 1. The molecule has 0 aromatic rings. The minimum absolute atomic E-state index is 0.109. The average molecular weight is 214 g/mol. The number of carbonyl (C=O) groups excluding carboxylic acids is 1. The second-order valence-corrected chi connectivity index (χ2v) is 5.43. The highest BCUT2D eigenvalue weighted by Gasteiger charge is 2.27. The lowest BCUT2D eigenvalue weighted by Crippen LogP contribution is -2.47. The predicted molar refractivity (Wildman–Crippen MR) is 59.2 cm³/mol. The molecule has 0 atom stereocenters. The SMILES string of the molecule is NC(=O)C1CCC(NC2CSC2)CC1. The normalized spacial score (nSPS) is 33.7. The Balaban J connectivity index is 1.69. The van der Waals surface area contributed by atoms with E-state index in [1.807, 2.05) is 11.8 Å². The van der Waals surface area contributed by atoms with E-state index in [9.17, 15) is 4.79 Å². The van der Waals surface area contributed by atoms with Gasteiger partial charge in [-0.1, -0.05) is 0 Å². The van der Waals surface area contributed by atoms with Crippen LogP contribution in [0.25, 0.3) is 0 Å². The van der Waals surface area contributed by atoms with Crippen LogP contribution in [0.3, 0.4) is 0 Å². The molecule has 0 unspecified atom stereocenters. The molecule has 2 aliphatic rings. The van der Waals surface area contributed by atoms with E-state index >= 15 is 0 Å². The van der Waals surface area contributed by atoms with Gasteiger partial charge in [0, 0.05) is 29.5 Å². The molecule has 3 N–H and O–H groups in total. The van der Waals surface area contributed by atoms with Crippen molar-refractivity contribution < 1.29 is 4.79 Å². The van der Waals surface area contributed by atoms with Crippen molar-refractivity contribution in [2.24, 2.45) is 11.7 Å². The van der Waals surface area contributed by atoms with Crippen molar-refractivity contribution in [1.29, 1.82) is 0 Å². The molecule has 4 heteroatoms. The van der Waals surface area contributed by atoms with Crippen LogP contribution in [0.4, 0.5) is 0 Å². The molecule has 1 aliphatic heterocycles. The van der Waals surface area contributed by atoms with Crippen LogP contribution >= 0.6 is 11.8 Å². The van der Waals surface area contributed by atoms with Crippen LogP contribution in [0.15, 0.2) is 0 Å². The summed E-state index contributed by atoms with van der Waals surface area (Å²) in [5, 5.41) is 3.64. The second kappa shape index (κ2) is 4.53. The molecule has 1 aliphatic carbocycles. The molecule has 3 nitrogen and oxygen atoms in total. The summed E-state index contributed by atoms with van der Waals surface area (Å²) in [4.78, 5) is 10.9. The van der Waals surface area contributed by atoms with Crippen LogP contribution in [-0.4, -0.2) is 29.5 Å². The fraction of sp³-hybridized carbons (Fsp3) is 0.900. The van der Waals surface area contributed by atoms with E-state index in [0.29, 0.717) is 6.04 Å². The highest BCUT2D eigenvalue weighted by Crippen LogP contribution is 2.26. The van der Waals surface area contributed by atoms with Crippen molar-refractivity contribution in [2.45, 2.75) is 37.8 Å². The molecule has 1 amide bonds. The molecule has 1 heterocycles. The van der Waals surface area contributed by atoms with Crippen LogP contribution in [0.1, 0.15) is 25.7 Å². The molecule has 0 aromatic carbocycles. The van der Waals surface area contributed by atoms with E-state index in [1.165, 1.54) is 11.5 Å². The molecule has 0 bridgehead atoms. The maximum atomic E-state index is 10.9. The number of hydrogen-bond acceptors (Lipinski definition) is 3. The fourth-order valence-electron chi connectivity index (χ4n) is 2.21. The van der Waals surface area contributed by atoms with Gasteiger partial charge in [0.15, 0.2) is 0 Å². The molecule has 0 spiro atoms. The Kier molecular flexibility index (Phi) is 3.34. The summed E-state index contributed by atoms with van der Waals surface area (Å²) in [7, 11) is 0. The first-order valence-electron chi connectivity index (χ1n) is 5.39. The molecule has 0 radical (unpaired) electrons. The van der Waals surface area contributed by atoms with Gasteiger partial charge in [-0.2, -0.15) is 11.8 Å². The van der Waals surface area contributed by atoms with E-state index in [4.69, 9.17) is 5.73 Å². The number of primary amides is 1. The molecular weight excluding hydrogens is 196 g/mol. The first-order chi connectivity index (χ1) is 6.75. The maximum absolute atomic E-state index is 10.9. The van der Waals surface area contributed by atoms with Gasteiger partial charge in [0.25, 0.3) is 0 Å². The Hall–Kier alpha value is -0.220. The quantitative estimate of drug-likeness (QED) is 0.728. The monoisotopic (exact) mass is 214 g/mol. The largest absolute Gasteiger partial charge is 0.369 e. The standard InChI is InChI=1S/C10H18N2OS/c11-10(13)7-1-3-8(4-2-7)12-9-5-14-6-9/h7-9,12H,1-6H2,(H2,11,13). The Morgan fingerprint density at radius 2 is 1.79 bits per heavy atom. The molecule has 1 saturated carbocycles. The third-order valence-corrected chi connectivity index (χ3v) is 4.52. The average Bonchev–Trinajstić information content (AvgIpc) is 2.12. The zero-order valence-corrected chi connectivity index (χ0v) is 9.19. The van der Waals surface area contributed by atoms with Crippen molar-refractivity contribution >= 4 is 17.7 Å². The lowest BCUT2D eigenvalue weighted by molar-refractivity contribution is -0.122. The first-order valence-corrected chi connectivity index (χ1v) is 6.54. The first kappa shape index (κ1) is 10.3. The van der Waals surface area contributed by atoms with Gasteiger partial charge in [0.2, 0.25) is 5.91 Å². The number of hydrogen-bond donors (Lipinski definition) is 2. The van der Waals surface area contributed by atoms with Crippen molar-refractivity contribution in [3.05, 3.63) is 0 Å². The Morgan fingerprint density at radius 1 is 1.14 bits per heavy atom. The van der Waals surface area contributed by atoms with Crippen LogP contribution in [0.5, 0.6) is 0 Å². The molecular formula is C10H18N2OS. The number of amides is 1. The second-order valence-electron chi connectivity index (χ2n) is 4.35. The van der Waals surface area contributed by atoms with Gasteiger partial charge in [0.1, 0.15) is 0 Å². The summed E-state index contributed by atoms with van der Waals surface area (Å²) >= 11 is 2.00. The van der Waals surface area contributed by atoms with Gasteiger partial charge in [-0.05, 0) is 25.7 Å². The Bertz CT molecular complexity index is 210. The number of nitrogens with two attached hydrogens (primary N) is 1. The molecule has 2 rings (SSSR count). The summed E-state index contributed by atoms with van der Waals surface area (Å²) in [5.41, 5.74) is 5.29. The third kappa shape index (κ3) is 2.42. The molecule has 14 heavy (non-hydrogen) atoms. The molecule has 0 aromatic heterocycles. The van der Waals surface area contributed by atoms with Crippen LogP contribution in [0.2, 0.25) is 0 Å². The zero-order valence-electron chi connectivity index (χ0n) is 8.37. The number of carbonyl (C=O) groups is 1. The zero-order chi connectivity index (χ0) is 9.97. The van der Waals surface area contributed by atoms with Gasteiger partial charge < -0.3 is 11.1 Å². The van der Waals surface area contributed by atoms with Crippen molar-refractivity contribution in [1.82, 2.24) is 5.32 Å². The van der Waals surface area contributed by atoms with Crippen molar-refractivity contribution in [3.8, 4) is 0 Å². The van der Waals surface area contributed by atoms with Gasteiger partial charge >= 0.3 is 0 Å². The van der Waals surface area contributed by atoms with Crippen molar-refractivity contribution in [3.63, 3.8) is 0 Å². The summed E-state index contributed by atoms with van der Waals surface area (Å²) in [6.45, 7) is 0. The lowest BCUT2D eigenvalue weighted by Gasteiger charge is -2.34. The van der Waals surface area contributed by atoms with Gasteiger partial charge in [-0.25, -0.2) is 0 Å². The summed E-state index contributed by atoms with van der Waals surface area (Å²) in [5.74, 6) is 2.55. The molecule has 80 valence electrons. The summed E-state index contributed by atoms with van der Waals surface area (Å²) < 4.78 is 0. The highest BCUT2D eigenvalue weighted by molar-refractivity contribution is 8.00. The van der Waals surface area contributed by atoms with E-state index in [1.54, 1.807) is 0 Å². The Morgan fingerprint density at radius 3 is 2.21 bits per heavy atom. The molecule has 2 fully saturated rings. The summed E-state index contributed by atoms with van der Waals surface area (Å²) in [6.07, 6.45) is 4.20. The minimum Gasteiger partial charge on any atom is -0.369 e. The van der Waals surface area contributed by atoms with Crippen LogP contribution < -0.4 is 11.1 Å². The number of rotatable bonds is 3. The highest BCUT2D eigenvalue weighted by atomic mass is 32.2. The predicted octanol–water partition coefficient (Wildman–Crippen LogP) is 0.735. The maximum Gasteiger partial charge on any atom is 0.220 e. The molecule has 1 saturated heterocycles. The van der Waals surface area contributed by atoms with Gasteiger partial charge in [0.05, 0.1) is 0 Å². The smallest absolute Gasteiger partial charge is 0.220 e. The fourth-order valence-corrected chi connectivity index (χ4v) is 2.87. The van der Waals surface area contributed by atoms with E-state index in [0.717, 1.165) is 31.7 Å². The minimum atomic E-state index is -0.109. The van der Waals surface area contributed by atoms with Crippen molar-refractivity contribution in [2.75, 3.05) is 11.5 Å². The van der Waals surface area contributed by atoms with E-state index in [2.05, 4.69) is 5.32 Å². The van der Waals surface area contributed by atoms with Crippen LogP contribution in [0, 0.1) is 5.92 Å². The Labute approximate surface area is 89.2 Å². The number of nitrogens with one attached hydrogen (secondary N) is 1. The third-order valence-electron chi connectivity index (χ3n) is 3.24. The van der Waals surface area contributed by atoms with E-state index in [-0.39, 0.29) is 11.8 Å². The summed E-state index contributed by atoms with van der Waals surface area (Å²) in [6, 6.07) is 1.37.